The van der Waals surface area contributed by atoms with Crippen LogP contribution in [0.2, 0.25) is 0 Å². The van der Waals surface area contributed by atoms with Gasteiger partial charge in [-0.25, -0.2) is 0 Å². The van der Waals surface area contributed by atoms with Crippen molar-refractivity contribution in [1.82, 2.24) is 4.98 Å². The summed E-state index contributed by atoms with van der Waals surface area (Å²) in [7, 11) is 0. The van der Waals surface area contributed by atoms with Crippen molar-refractivity contribution in [2.75, 3.05) is 6.54 Å². The second-order valence-corrected chi connectivity index (χ2v) is 8.40. The monoisotopic (exact) mass is 412 g/mol. The van der Waals surface area contributed by atoms with E-state index in [9.17, 15) is 0 Å². The Bertz CT molecular complexity index is 1290. The molecule has 0 radical (unpaired) electrons. The van der Waals surface area contributed by atoms with Gasteiger partial charge < -0.3 is 15.5 Å². The lowest BCUT2D eigenvalue weighted by Crippen LogP contribution is -1.99. The van der Waals surface area contributed by atoms with Crippen molar-refractivity contribution in [3.8, 4) is 22.8 Å². The lowest BCUT2D eigenvalue weighted by molar-refractivity contribution is 0.483. The maximum atomic E-state index is 6.11. The van der Waals surface area contributed by atoms with E-state index in [4.69, 9.17) is 10.5 Å². The summed E-state index contributed by atoms with van der Waals surface area (Å²) >= 11 is 1.80. The fourth-order valence-electron chi connectivity index (χ4n) is 4.02. The van der Waals surface area contributed by atoms with E-state index >= 15 is 0 Å². The summed E-state index contributed by atoms with van der Waals surface area (Å²) in [4.78, 5) is 3.70. The number of rotatable bonds is 7. The van der Waals surface area contributed by atoms with E-state index in [2.05, 4.69) is 46.8 Å². The number of ether oxygens (including phenoxy) is 1. The third kappa shape index (κ3) is 3.60. The quantitative estimate of drug-likeness (QED) is 0.280. The number of nitrogens with one attached hydrogen (secondary N) is 1. The molecule has 0 amide bonds. The largest absolute Gasteiger partial charge is 0.457 e. The number of unbranched alkanes of at least 4 members (excludes halogenated alkanes) is 1. The Kier molecular flexibility index (Phi) is 5.26. The van der Waals surface area contributed by atoms with Gasteiger partial charge in [0.15, 0.2) is 0 Å². The summed E-state index contributed by atoms with van der Waals surface area (Å²) in [6.45, 7) is 0.724. The van der Waals surface area contributed by atoms with E-state index in [0.717, 1.165) is 42.8 Å². The first-order valence-corrected chi connectivity index (χ1v) is 11.3. The van der Waals surface area contributed by atoms with Crippen LogP contribution < -0.4 is 10.5 Å². The maximum absolute atomic E-state index is 6.11. The minimum atomic E-state index is 0.724. The van der Waals surface area contributed by atoms with Gasteiger partial charge in [0, 0.05) is 31.9 Å². The number of aromatic amines is 1. The van der Waals surface area contributed by atoms with Crippen LogP contribution >= 0.6 is 11.3 Å². The third-order valence-electron chi connectivity index (χ3n) is 5.49. The summed E-state index contributed by atoms with van der Waals surface area (Å²) in [6.07, 6.45) is 3.09. The van der Waals surface area contributed by atoms with Crippen LogP contribution in [-0.4, -0.2) is 11.5 Å². The van der Waals surface area contributed by atoms with Crippen molar-refractivity contribution in [3.05, 3.63) is 83.7 Å². The molecule has 0 aliphatic carbocycles. The minimum Gasteiger partial charge on any atom is -0.457 e. The molecule has 0 spiro atoms. The molecular weight excluding hydrogens is 388 g/mol. The van der Waals surface area contributed by atoms with Crippen LogP contribution in [0.5, 0.6) is 11.5 Å². The van der Waals surface area contributed by atoms with Gasteiger partial charge >= 0.3 is 0 Å². The molecule has 0 saturated carbocycles. The topological polar surface area (TPSA) is 51.0 Å². The molecule has 0 atom stereocenters. The SMILES string of the molecule is NCCCCc1c(-c2csc3ccccc23)[nH]c2ccc(Oc3ccccc3)cc12. The molecular formula is C26H24N2OS. The first kappa shape index (κ1) is 18.9. The zero-order valence-corrected chi connectivity index (χ0v) is 17.5. The van der Waals surface area contributed by atoms with E-state index in [-0.39, 0.29) is 0 Å². The number of benzene rings is 3. The summed E-state index contributed by atoms with van der Waals surface area (Å²) in [6, 6.07) is 24.9. The zero-order chi connectivity index (χ0) is 20.3. The maximum Gasteiger partial charge on any atom is 0.128 e. The minimum absolute atomic E-state index is 0.724. The van der Waals surface area contributed by atoms with Crippen molar-refractivity contribution >= 4 is 32.3 Å². The first-order chi connectivity index (χ1) is 14.8. The lowest BCUT2D eigenvalue weighted by Gasteiger charge is -2.07. The molecule has 4 heteroatoms. The molecule has 2 aromatic heterocycles. The molecule has 3 aromatic carbocycles. The van der Waals surface area contributed by atoms with Crippen LogP contribution in [0.3, 0.4) is 0 Å². The summed E-state index contributed by atoms with van der Waals surface area (Å²) in [5, 5.41) is 4.80. The van der Waals surface area contributed by atoms with E-state index in [1.165, 1.54) is 32.3 Å². The summed E-state index contributed by atoms with van der Waals surface area (Å²) in [5.74, 6) is 1.70. The van der Waals surface area contributed by atoms with Crippen molar-refractivity contribution < 1.29 is 4.74 Å². The van der Waals surface area contributed by atoms with Gasteiger partial charge in [-0.2, -0.15) is 0 Å². The van der Waals surface area contributed by atoms with Crippen LogP contribution in [0.15, 0.2) is 78.2 Å². The lowest BCUT2D eigenvalue weighted by atomic mass is 10.00. The molecule has 0 bridgehead atoms. The number of aryl methyl sites for hydroxylation is 1. The molecule has 150 valence electrons. The predicted octanol–water partition coefficient (Wildman–Crippen LogP) is 7.12. The highest BCUT2D eigenvalue weighted by molar-refractivity contribution is 7.17. The second-order valence-electron chi connectivity index (χ2n) is 7.49. The van der Waals surface area contributed by atoms with Gasteiger partial charge in [0.2, 0.25) is 0 Å². The van der Waals surface area contributed by atoms with Gasteiger partial charge in [0.1, 0.15) is 11.5 Å². The first-order valence-electron chi connectivity index (χ1n) is 10.4. The van der Waals surface area contributed by atoms with Crippen molar-refractivity contribution in [2.45, 2.75) is 19.3 Å². The van der Waals surface area contributed by atoms with Gasteiger partial charge in [-0.3, -0.25) is 0 Å². The average molecular weight is 413 g/mol. The number of thiophene rings is 1. The highest BCUT2D eigenvalue weighted by Crippen LogP contribution is 2.39. The average Bonchev–Trinajstić information content (AvgIpc) is 3.36. The highest BCUT2D eigenvalue weighted by atomic mass is 32.1. The van der Waals surface area contributed by atoms with Crippen LogP contribution in [0.25, 0.3) is 32.2 Å². The molecule has 0 aliphatic rings. The smallest absolute Gasteiger partial charge is 0.128 e. The van der Waals surface area contributed by atoms with Crippen LogP contribution in [0.4, 0.5) is 0 Å². The zero-order valence-electron chi connectivity index (χ0n) is 16.7. The van der Waals surface area contributed by atoms with E-state index < -0.39 is 0 Å². The van der Waals surface area contributed by atoms with Crippen molar-refractivity contribution in [1.29, 1.82) is 0 Å². The normalized spacial score (nSPS) is 11.4. The Morgan fingerprint density at radius 3 is 2.53 bits per heavy atom. The Hall–Kier alpha value is -3.08. The van der Waals surface area contributed by atoms with Crippen molar-refractivity contribution in [3.63, 3.8) is 0 Å². The fourth-order valence-corrected chi connectivity index (χ4v) is 4.97. The van der Waals surface area contributed by atoms with Gasteiger partial charge in [0.25, 0.3) is 0 Å². The molecule has 5 rings (SSSR count). The number of hydrogen-bond donors (Lipinski definition) is 2. The van der Waals surface area contributed by atoms with Gasteiger partial charge in [-0.15, -0.1) is 11.3 Å². The van der Waals surface area contributed by atoms with Gasteiger partial charge in [-0.05, 0) is 67.8 Å². The standard InChI is InChI=1S/C26H24N2OS/c27-15-7-6-11-21-22-16-19(29-18-8-2-1-3-9-18)13-14-24(22)28-26(21)23-17-30-25-12-5-4-10-20(23)25/h1-5,8-10,12-14,16-17,28H,6-7,11,15,27H2. The Morgan fingerprint density at radius 1 is 0.833 bits per heavy atom. The third-order valence-corrected chi connectivity index (χ3v) is 6.45. The molecule has 3 N–H and O–H groups in total. The summed E-state index contributed by atoms with van der Waals surface area (Å²) in [5.41, 5.74) is 10.8. The van der Waals surface area contributed by atoms with Crippen LogP contribution in [0, 0.1) is 0 Å². The molecule has 5 aromatic rings. The number of aromatic nitrogens is 1. The van der Waals surface area contributed by atoms with E-state index in [1.54, 1.807) is 11.3 Å². The molecule has 0 aliphatic heterocycles. The van der Waals surface area contributed by atoms with Crippen LogP contribution in [-0.2, 0) is 6.42 Å². The number of para-hydroxylation sites is 1. The molecule has 0 unspecified atom stereocenters. The van der Waals surface area contributed by atoms with Crippen molar-refractivity contribution in [2.24, 2.45) is 5.73 Å². The molecule has 3 nitrogen and oxygen atoms in total. The van der Waals surface area contributed by atoms with Crippen LogP contribution in [0.1, 0.15) is 18.4 Å². The van der Waals surface area contributed by atoms with Gasteiger partial charge in [-0.1, -0.05) is 36.4 Å². The molecule has 0 saturated heterocycles. The number of fused-ring (bicyclic) bond motifs is 2. The second kappa shape index (κ2) is 8.34. The Morgan fingerprint density at radius 2 is 1.67 bits per heavy atom. The number of nitrogens with two attached hydrogens (primary N) is 1. The number of H-pyrrole nitrogens is 1. The fraction of sp³-hybridized carbons (Fsp3) is 0.154. The predicted molar refractivity (Wildman–Crippen MR) is 128 cm³/mol. The van der Waals surface area contributed by atoms with Gasteiger partial charge in [0.05, 0.1) is 5.69 Å². The molecule has 2 heterocycles. The summed E-state index contributed by atoms with van der Waals surface area (Å²) < 4.78 is 7.42. The van der Waals surface area contributed by atoms with E-state index in [0.29, 0.717) is 0 Å². The Balaban J connectivity index is 1.61. The highest BCUT2D eigenvalue weighted by Gasteiger charge is 2.17. The van der Waals surface area contributed by atoms with E-state index in [1.807, 2.05) is 36.4 Å². The Labute approximate surface area is 180 Å². The molecule has 30 heavy (non-hydrogen) atoms. The number of hydrogen-bond acceptors (Lipinski definition) is 3. The molecule has 0 fully saturated rings.